The predicted molar refractivity (Wildman–Crippen MR) is 243 cm³/mol. The van der Waals surface area contributed by atoms with E-state index in [1.165, 1.54) is 116 Å². The number of hydrogen-bond donors (Lipinski definition) is 0. The van der Waals surface area contributed by atoms with Crippen LogP contribution in [-0.2, 0) is 11.0 Å². The fourth-order valence-corrected chi connectivity index (χ4v) is 21.2. The zero-order chi connectivity index (χ0) is 40.0. The maximum absolute atomic E-state index is 15.1. The number of methoxy groups -OCH3 is 2. The summed E-state index contributed by atoms with van der Waals surface area (Å²) in [6.45, 7) is 6.37. The van der Waals surface area contributed by atoms with Crippen LogP contribution >= 0.6 is 7.92 Å². The normalized spacial score (nSPS) is 32.3. The Kier molecular flexibility index (Phi) is 10.1. The third kappa shape index (κ3) is 6.82. The Morgan fingerprint density at radius 3 is 1.38 bits per heavy atom. The van der Waals surface area contributed by atoms with E-state index in [1.54, 1.807) is 7.11 Å². The fourth-order valence-electron chi connectivity index (χ4n) is 14.5. The van der Waals surface area contributed by atoms with Gasteiger partial charge in [-0.25, -0.2) is 8.51 Å². The molecular weight excluding hydrogens is 750 g/mol. The van der Waals surface area contributed by atoms with Crippen LogP contribution in [0.4, 0.5) is 0 Å². The lowest BCUT2D eigenvalue weighted by Crippen LogP contribution is -2.58. The molecule has 0 spiro atoms. The second-order valence-electron chi connectivity index (χ2n) is 20.8. The quantitative estimate of drug-likeness (QED) is 0.142. The minimum absolute atomic E-state index is 0.270. The van der Waals surface area contributed by atoms with Gasteiger partial charge in [-0.05, 0) is 213 Å². The van der Waals surface area contributed by atoms with Crippen molar-refractivity contribution in [2.24, 2.45) is 35.5 Å². The molecule has 0 heterocycles. The summed E-state index contributed by atoms with van der Waals surface area (Å²) < 4.78 is 29.4. The van der Waals surface area contributed by atoms with Crippen molar-refractivity contribution >= 4 is 24.2 Å². The molecule has 58 heavy (non-hydrogen) atoms. The molecule has 4 aromatic rings. The summed E-state index contributed by atoms with van der Waals surface area (Å²) in [5.74, 6) is 6.86. The number of rotatable bonds is 11. The largest absolute Gasteiger partial charge is 0.493 e. The first-order chi connectivity index (χ1) is 27.9. The standard InChI is InChI=1S/C52H64NO3PS/c1-50(2,3)58(54)53(4)49(44-24-42(40-13-9-7-10-14-40)23-43(25-44)41-15-11-8-12-16-41)45-26-46(55-5)47(56-6)27-48(45)57(51-28-34-17-35(29-51)19-36(18-34)30-51)52-31-37-20-38(32-52)22-39(21-37)33-52/h7-16,23-27,34-39,49H,17-22,28-33H2,1-6H3/t34?,35?,36?,37?,38?,39?,49-,51?,52?,57?,58+/m0/s1. The van der Waals surface area contributed by atoms with Gasteiger partial charge in [-0.15, -0.1) is 0 Å². The van der Waals surface area contributed by atoms with Gasteiger partial charge in [0.25, 0.3) is 0 Å². The molecule has 8 saturated carbocycles. The lowest BCUT2D eigenvalue weighted by atomic mass is 9.55. The molecular formula is C52H64NO3PS. The Balaban J connectivity index is 1.25. The molecule has 0 aromatic heterocycles. The van der Waals surface area contributed by atoms with Gasteiger partial charge in [-0.1, -0.05) is 68.6 Å². The average Bonchev–Trinajstić information content (AvgIpc) is 3.20. The van der Waals surface area contributed by atoms with Gasteiger partial charge in [0.1, 0.15) is 11.0 Å². The lowest BCUT2D eigenvalue weighted by molar-refractivity contribution is 0.0195. The van der Waals surface area contributed by atoms with Crippen molar-refractivity contribution in [1.29, 1.82) is 0 Å². The summed E-state index contributed by atoms with van der Waals surface area (Å²) in [5.41, 5.74) is 7.22. The molecule has 0 aliphatic heterocycles. The fraction of sp³-hybridized carbons (Fsp3) is 0.538. The van der Waals surface area contributed by atoms with Crippen molar-refractivity contribution in [3.8, 4) is 33.8 Å². The summed E-state index contributed by atoms with van der Waals surface area (Å²) in [6, 6.07) is 33.4. The number of nitrogens with zero attached hydrogens (tertiary/aromatic N) is 1. The molecule has 2 atom stereocenters. The summed E-state index contributed by atoms with van der Waals surface area (Å²) in [6.07, 6.45) is 17.1. The first kappa shape index (κ1) is 39.2. The Morgan fingerprint density at radius 2 is 1.00 bits per heavy atom. The topological polar surface area (TPSA) is 38.8 Å². The van der Waals surface area contributed by atoms with E-state index < -0.39 is 23.7 Å². The SMILES string of the molecule is COc1cc([C@H](c2cc(-c3ccccc3)cc(-c3ccccc3)c2)N(C)[S@](=O)C(C)(C)C)c(P(C23CC4CC(CC(C4)C2)C3)C23CC4CC(CC(C4)C2)C3)cc1OC. The zero-order valence-corrected chi connectivity index (χ0v) is 37.4. The molecule has 12 rings (SSSR count). The second kappa shape index (κ2) is 14.9. The Bertz CT molecular complexity index is 2010. The first-order valence-corrected chi connectivity index (χ1v) is 24.9. The van der Waals surface area contributed by atoms with Crippen molar-refractivity contribution < 1.29 is 13.7 Å². The molecule has 8 bridgehead atoms. The Morgan fingerprint density at radius 1 is 0.603 bits per heavy atom. The van der Waals surface area contributed by atoms with Crippen LogP contribution in [0, 0.1) is 35.5 Å². The zero-order valence-electron chi connectivity index (χ0n) is 35.7. The van der Waals surface area contributed by atoms with Gasteiger partial charge in [-0.2, -0.15) is 0 Å². The van der Waals surface area contributed by atoms with E-state index >= 15 is 4.21 Å². The molecule has 8 fully saturated rings. The second-order valence-corrected chi connectivity index (χ2v) is 26.1. The van der Waals surface area contributed by atoms with Crippen LogP contribution in [0.3, 0.4) is 0 Å². The smallest absolute Gasteiger partial charge is 0.161 e. The molecule has 8 aliphatic carbocycles. The van der Waals surface area contributed by atoms with E-state index in [0.29, 0.717) is 10.3 Å². The van der Waals surface area contributed by atoms with E-state index in [9.17, 15) is 0 Å². The Hall–Kier alpha value is -2.98. The van der Waals surface area contributed by atoms with Crippen molar-refractivity contribution in [1.82, 2.24) is 4.31 Å². The van der Waals surface area contributed by atoms with Crippen molar-refractivity contribution in [3.63, 3.8) is 0 Å². The molecule has 4 nitrogen and oxygen atoms in total. The molecule has 0 radical (unpaired) electrons. The van der Waals surface area contributed by atoms with Crippen LogP contribution < -0.4 is 14.8 Å². The molecule has 306 valence electrons. The highest BCUT2D eigenvalue weighted by molar-refractivity contribution is 7.84. The van der Waals surface area contributed by atoms with Gasteiger partial charge >= 0.3 is 0 Å². The minimum atomic E-state index is -1.30. The first-order valence-electron chi connectivity index (χ1n) is 22.4. The number of benzene rings is 4. The van der Waals surface area contributed by atoms with Gasteiger partial charge < -0.3 is 9.47 Å². The monoisotopic (exact) mass is 813 g/mol. The molecule has 8 aliphatic rings. The van der Waals surface area contributed by atoms with Gasteiger partial charge in [0.05, 0.1) is 25.0 Å². The summed E-state index contributed by atoms with van der Waals surface area (Å²) in [5, 5.41) is 2.22. The molecule has 0 N–H and O–H groups in total. The maximum atomic E-state index is 15.1. The minimum Gasteiger partial charge on any atom is -0.493 e. The lowest BCUT2D eigenvalue weighted by Gasteiger charge is -2.67. The molecule has 0 unspecified atom stereocenters. The number of hydrogen-bond acceptors (Lipinski definition) is 3. The van der Waals surface area contributed by atoms with Gasteiger partial charge in [-0.3, -0.25) is 0 Å². The van der Waals surface area contributed by atoms with Crippen molar-refractivity contribution in [2.45, 2.75) is 119 Å². The van der Waals surface area contributed by atoms with Crippen LogP contribution in [0.1, 0.15) is 115 Å². The van der Waals surface area contributed by atoms with E-state index in [-0.39, 0.29) is 6.04 Å². The average molecular weight is 814 g/mol. The third-order valence-electron chi connectivity index (χ3n) is 15.7. The highest BCUT2D eigenvalue weighted by atomic mass is 32.2. The summed E-state index contributed by atoms with van der Waals surface area (Å²) in [4.78, 5) is 0. The predicted octanol–water partition coefficient (Wildman–Crippen LogP) is 12.6. The molecule has 0 amide bonds. The van der Waals surface area contributed by atoms with Gasteiger partial charge in [0.2, 0.25) is 0 Å². The maximum Gasteiger partial charge on any atom is 0.161 e. The molecule has 0 saturated heterocycles. The van der Waals surface area contributed by atoms with E-state index in [2.05, 4.69) is 123 Å². The summed E-state index contributed by atoms with van der Waals surface area (Å²) in [7, 11) is 3.81. The molecule has 6 heteroatoms. The Labute approximate surface area is 352 Å². The highest BCUT2D eigenvalue weighted by Gasteiger charge is 2.63. The van der Waals surface area contributed by atoms with Gasteiger partial charge in [0, 0.05) is 7.05 Å². The van der Waals surface area contributed by atoms with E-state index in [1.807, 2.05) is 7.11 Å². The molecule has 4 aromatic carbocycles. The van der Waals surface area contributed by atoms with Crippen LogP contribution in [0.2, 0.25) is 0 Å². The highest BCUT2D eigenvalue weighted by Crippen LogP contribution is 2.79. The third-order valence-corrected chi connectivity index (χ3v) is 21.3. The van der Waals surface area contributed by atoms with Crippen molar-refractivity contribution in [3.05, 3.63) is 102 Å². The van der Waals surface area contributed by atoms with Crippen molar-refractivity contribution in [2.75, 3.05) is 21.3 Å². The van der Waals surface area contributed by atoms with E-state index in [4.69, 9.17) is 9.47 Å². The van der Waals surface area contributed by atoms with Crippen LogP contribution in [0.25, 0.3) is 22.3 Å². The van der Waals surface area contributed by atoms with Gasteiger partial charge in [0.15, 0.2) is 11.5 Å². The van der Waals surface area contributed by atoms with Crippen LogP contribution in [0.15, 0.2) is 91.0 Å². The number of ether oxygens (including phenoxy) is 2. The summed E-state index contributed by atoms with van der Waals surface area (Å²) >= 11 is 0. The van der Waals surface area contributed by atoms with E-state index in [0.717, 1.165) is 47.0 Å². The van der Waals surface area contributed by atoms with Crippen LogP contribution in [-0.4, -0.2) is 44.8 Å². The van der Waals surface area contributed by atoms with Crippen LogP contribution in [0.5, 0.6) is 11.5 Å².